The summed E-state index contributed by atoms with van der Waals surface area (Å²) in [6.45, 7) is 0. The average Bonchev–Trinajstić information content (AvgIpc) is 2.45. The van der Waals surface area contributed by atoms with Gasteiger partial charge in [-0.2, -0.15) is 0 Å². The van der Waals surface area contributed by atoms with Crippen molar-refractivity contribution in [3.8, 4) is 0 Å². The Labute approximate surface area is 142 Å². The summed E-state index contributed by atoms with van der Waals surface area (Å²) in [4.78, 5) is 23.7. The van der Waals surface area contributed by atoms with Crippen LogP contribution in [0.1, 0.15) is 6.42 Å². The number of nitrogens with one attached hydrogen (secondary N) is 2. The van der Waals surface area contributed by atoms with Gasteiger partial charge in [0.1, 0.15) is 6.42 Å². The molecule has 0 heterocycles. The third-order valence-corrected chi connectivity index (χ3v) is 3.57. The molecule has 2 N–H and O–H groups in total. The van der Waals surface area contributed by atoms with Gasteiger partial charge in [-0.15, -0.1) is 0 Å². The molecule has 0 radical (unpaired) electrons. The molecular formula is C15H11Cl3N2O2. The molecular weight excluding hydrogens is 347 g/mol. The van der Waals surface area contributed by atoms with Crippen molar-refractivity contribution in [3.05, 3.63) is 57.5 Å². The van der Waals surface area contributed by atoms with Crippen molar-refractivity contribution in [1.29, 1.82) is 0 Å². The number of rotatable bonds is 4. The van der Waals surface area contributed by atoms with Crippen molar-refractivity contribution in [3.63, 3.8) is 0 Å². The monoisotopic (exact) mass is 356 g/mol. The molecule has 0 saturated carbocycles. The number of carbonyl (C=O) groups excluding carboxylic acids is 2. The summed E-state index contributed by atoms with van der Waals surface area (Å²) in [5.74, 6) is -0.988. The van der Waals surface area contributed by atoms with Gasteiger partial charge in [-0.1, -0.05) is 46.9 Å². The molecule has 0 fully saturated rings. The van der Waals surface area contributed by atoms with Gasteiger partial charge in [-0.05, 0) is 30.3 Å². The van der Waals surface area contributed by atoms with E-state index in [1.54, 1.807) is 36.4 Å². The SMILES string of the molecule is O=C(CC(=O)Nc1cc(Cl)ccc1Cl)Nc1ccccc1Cl. The van der Waals surface area contributed by atoms with Gasteiger partial charge in [0.05, 0.1) is 21.4 Å². The van der Waals surface area contributed by atoms with E-state index in [-0.39, 0.29) is 6.42 Å². The molecule has 0 aliphatic rings. The van der Waals surface area contributed by atoms with E-state index in [0.717, 1.165) is 0 Å². The lowest BCUT2D eigenvalue weighted by atomic mass is 10.2. The van der Waals surface area contributed by atoms with Crippen LogP contribution in [-0.4, -0.2) is 11.8 Å². The molecule has 0 unspecified atom stereocenters. The molecule has 2 amide bonds. The Bertz CT molecular complexity index is 720. The predicted octanol–water partition coefficient (Wildman–Crippen LogP) is 4.61. The normalized spacial score (nSPS) is 10.1. The fourth-order valence-corrected chi connectivity index (χ4v) is 2.21. The Morgan fingerprint density at radius 2 is 1.41 bits per heavy atom. The first-order valence-corrected chi connectivity index (χ1v) is 7.38. The predicted molar refractivity (Wildman–Crippen MR) is 89.8 cm³/mol. The van der Waals surface area contributed by atoms with Crippen LogP contribution in [0.4, 0.5) is 11.4 Å². The Balaban J connectivity index is 1.96. The number of carbonyl (C=O) groups is 2. The van der Waals surface area contributed by atoms with Crippen molar-refractivity contribution in [1.82, 2.24) is 0 Å². The van der Waals surface area contributed by atoms with Crippen LogP contribution < -0.4 is 10.6 Å². The van der Waals surface area contributed by atoms with E-state index in [9.17, 15) is 9.59 Å². The number of para-hydroxylation sites is 1. The second-order valence-electron chi connectivity index (χ2n) is 4.38. The fourth-order valence-electron chi connectivity index (χ4n) is 1.69. The van der Waals surface area contributed by atoms with Crippen LogP contribution in [0.2, 0.25) is 15.1 Å². The van der Waals surface area contributed by atoms with Gasteiger partial charge in [0.15, 0.2) is 0 Å². The first-order chi connectivity index (χ1) is 10.5. The van der Waals surface area contributed by atoms with E-state index in [1.807, 2.05) is 0 Å². The largest absolute Gasteiger partial charge is 0.324 e. The van der Waals surface area contributed by atoms with Gasteiger partial charge >= 0.3 is 0 Å². The van der Waals surface area contributed by atoms with Crippen LogP contribution >= 0.6 is 34.8 Å². The second-order valence-corrected chi connectivity index (χ2v) is 5.63. The van der Waals surface area contributed by atoms with Crippen LogP contribution in [0.5, 0.6) is 0 Å². The minimum atomic E-state index is -0.506. The maximum Gasteiger partial charge on any atom is 0.233 e. The fraction of sp³-hybridized carbons (Fsp3) is 0.0667. The summed E-state index contributed by atoms with van der Waals surface area (Å²) >= 11 is 17.7. The van der Waals surface area contributed by atoms with Crippen LogP contribution in [0.3, 0.4) is 0 Å². The molecule has 4 nitrogen and oxygen atoms in total. The van der Waals surface area contributed by atoms with Gasteiger partial charge in [0, 0.05) is 5.02 Å². The molecule has 22 heavy (non-hydrogen) atoms. The average molecular weight is 358 g/mol. The number of amides is 2. The summed E-state index contributed by atoms with van der Waals surface area (Å²) < 4.78 is 0. The van der Waals surface area contributed by atoms with Gasteiger partial charge in [-0.3, -0.25) is 9.59 Å². The van der Waals surface area contributed by atoms with Gasteiger partial charge < -0.3 is 10.6 Å². The minimum Gasteiger partial charge on any atom is -0.324 e. The van der Waals surface area contributed by atoms with E-state index in [0.29, 0.717) is 26.4 Å². The highest BCUT2D eigenvalue weighted by Crippen LogP contribution is 2.25. The zero-order valence-corrected chi connectivity index (χ0v) is 13.5. The zero-order valence-electron chi connectivity index (χ0n) is 11.2. The Morgan fingerprint density at radius 3 is 2.09 bits per heavy atom. The summed E-state index contributed by atoms with van der Waals surface area (Å²) in [6, 6.07) is 11.4. The van der Waals surface area contributed by atoms with E-state index in [1.165, 1.54) is 6.07 Å². The lowest BCUT2D eigenvalue weighted by molar-refractivity contribution is -0.123. The minimum absolute atomic E-state index is 0.337. The van der Waals surface area contributed by atoms with Gasteiger partial charge in [0.2, 0.25) is 11.8 Å². The molecule has 0 atom stereocenters. The molecule has 0 saturated heterocycles. The molecule has 0 aliphatic carbocycles. The third-order valence-electron chi connectivity index (χ3n) is 2.67. The molecule has 2 rings (SSSR count). The highest BCUT2D eigenvalue weighted by atomic mass is 35.5. The first-order valence-electron chi connectivity index (χ1n) is 6.25. The van der Waals surface area contributed by atoms with E-state index < -0.39 is 11.8 Å². The van der Waals surface area contributed by atoms with Crippen LogP contribution in [0.15, 0.2) is 42.5 Å². The molecule has 0 aromatic heterocycles. The Kier molecular flexibility index (Phi) is 5.66. The summed E-state index contributed by atoms with van der Waals surface area (Å²) in [6.07, 6.45) is -0.367. The van der Waals surface area contributed by atoms with Gasteiger partial charge in [-0.25, -0.2) is 0 Å². The summed E-state index contributed by atoms with van der Waals surface area (Å²) in [5.41, 5.74) is 0.799. The maximum absolute atomic E-state index is 11.9. The van der Waals surface area contributed by atoms with Crippen LogP contribution in [0, 0.1) is 0 Å². The Morgan fingerprint density at radius 1 is 0.818 bits per heavy atom. The zero-order chi connectivity index (χ0) is 16.1. The highest BCUT2D eigenvalue weighted by Gasteiger charge is 2.12. The van der Waals surface area contributed by atoms with E-state index in [4.69, 9.17) is 34.8 Å². The Hall–Kier alpha value is -1.75. The third kappa shape index (κ3) is 4.63. The van der Waals surface area contributed by atoms with Crippen LogP contribution in [0.25, 0.3) is 0 Å². The maximum atomic E-state index is 11.9. The number of benzene rings is 2. The quantitative estimate of drug-likeness (QED) is 0.785. The van der Waals surface area contributed by atoms with Crippen molar-refractivity contribution in [2.45, 2.75) is 6.42 Å². The van der Waals surface area contributed by atoms with Crippen molar-refractivity contribution < 1.29 is 9.59 Å². The van der Waals surface area contributed by atoms with Crippen molar-refractivity contribution >= 4 is 58.0 Å². The molecule has 2 aromatic carbocycles. The van der Waals surface area contributed by atoms with Crippen molar-refractivity contribution in [2.24, 2.45) is 0 Å². The number of hydrogen-bond acceptors (Lipinski definition) is 2. The molecule has 2 aromatic rings. The molecule has 0 aliphatic heterocycles. The van der Waals surface area contributed by atoms with E-state index in [2.05, 4.69) is 10.6 Å². The molecule has 0 spiro atoms. The second kappa shape index (κ2) is 7.49. The first kappa shape index (κ1) is 16.6. The number of hydrogen-bond donors (Lipinski definition) is 2. The topological polar surface area (TPSA) is 58.2 Å². The summed E-state index contributed by atoms with van der Waals surface area (Å²) in [5, 5.41) is 6.26. The van der Waals surface area contributed by atoms with Crippen molar-refractivity contribution in [2.75, 3.05) is 10.6 Å². The highest BCUT2D eigenvalue weighted by molar-refractivity contribution is 6.36. The van der Waals surface area contributed by atoms with Gasteiger partial charge in [0.25, 0.3) is 0 Å². The standard InChI is InChI=1S/C15H11Cl3N2O2/c16-9-5-6-11(18)13(7-9)20-15(22)8-14(21)19-12-4-2-1-3-10(12)17/h1-7H,8H2,(H,19,21)(H,20,22). The molecule has 114 valence electrons. The molecule has 0 bridgehead atoms. The number of halogens is 3. The number of anilines is 2. The smallest absolute Gasteiger partial charge is 0.233 e. The molecule has 7 heteroatoms. The van der Waals surface area contributed by atoms with Crippen LogP contribution in [-0.2, 0) is 9.59 Å². The lowest BCUT2D eigenvalue weighted by Crippen LogP contribution is -2.21. The van der Waals surface area contributed by atoms with E-state index >= 15 is 0 Å². The summed E-state index contributed by atoms with van der Waals surface area (Å²) in [7, 11) is 0. The lowest BCUT2D eigenvalue weighted by Gasteiger charge is -2.09.